The van der Waals surface area contributed by atoms with Gasteiger partial charge in [0.25, 0.3) is 0 Å². The molecule has 9 nitrogen and oxygen atoms in total. The number of thioether (sulfide) groups is 1. The van der Waals surface area contributed by atoms with Crippen molar-refractivity contribution in [1.29, 1.82) is 0 Å². The van der Waals surface area contributed by atoms with Gasteiger partial charge in [0.1, 0.15) is 17.8 Å². The molecule has 1 aliphatic heterocycles. The van der Waals surface area contributed by atoms with Crippen molar-refractivity contribution in [3.05, 3.63) is 42.9 Å². The standard InChI is InChI=1S/C20H22N6O3S2/c21-31(28,29)15-3-1-14(2-4-15)30-11-17(27)26-10-9-25(12-20(26)6-7-20)19-16-5-8-22-18(16)23-13-24-19/h1-5,8,13H,6-7,9-12H2,(H2,21,28,29)(H,22,23,24). The van der Waals surface area contributed by atoms with Crippen molar-refractivity contribution in [2.75, 3.05) is 30.3 Å². The number of aromatic amines is 1. The van der Waals surface area contributed by atoms with Crippen molar-refractivity contribution in [3.8, 4) is 0 Å². The smallest absolute Gasteiger partial charge is 0.238 e. The lowest BCUT2D eigenvalue weighted by Crippen LogP contribution is -2.57. The first-order chi connectivity index (χ1) is 14.9. The van der Waals surface area contributed by atoms with E-state index in [-0.39, 0.29) is 16.3 Å². The van der Waals surface area contributed by atoms with Crippen molar-refractivity contribution in [2.45, 2.75) is 28.2 Å². The number of anilines is 1. The Morgan fingerprint density at radius 1 is 1.16 bits per heavy atom. The fourth-order valence-corrected chi connectivity index (χ4v) is 5.47. The molecule has 0 atom stereocenters. The van der Waals surface area contributed by atoms with Gasteiger partial charge < -0.3 is 14.8 Å². The Bertz CT molecular complexity index is 1240. The first kappa shape index (κ1) is 20.3. The monoisotopic (exact) mass is 458 g/mol. The van der Waals surface area contributed by atoms with E-state index in [0.717, 1.165) is 47.7 Å². The van der Waals surface area contributed by atoms with Crippen LogP contribution in [0.15, 0.2) is 52.6 Å². The number of nitrogens with one attached hydrogen (secondary N) is 1. The first-order valence-corrected chi connectivity index (χ1v) is 12.5. The Labute approximate surface area is 184 Å². The molecule has 2 aromatic heterocycles. The highest BCUT2D eigenvalue weighted by Gasteiger charge is 2.53. The van der Waals surface area contributed by atoms with Crippen LogP contribution >= 0.6 is 11.8 Å². The topological polar surface area (TPSA) is 125 Å². The molecule has 0 bridgehead atoms. The number of nitrogens with two attached hydrogens (primary N) is 1. The van der Waals surface area contributed by atoms with Crippen LogP contribution in [0.5, 0.6) is 0 Å². The molecule has 5 rings (SSSR count). The second kappa shape index (κ2) is 7.50. The summed E-state index contributed by atoms with van der Waals surface area (Å²) in [5.41, 5.74) is 0.694. The number of benzene rings is 1. The summed E-state index contributed by atoms with van der Waals surface area (Å²) in [6.45, 7) is 2.14. The Morgan fingerprint density at radius 2 is 1.94 bits per heavy atom. The highest BCUT2D eigenvalue weighted by atomic mass is 32.2. The Morgan fingerprint density at radius 3 is 2.65 bits per heavy atom. The van der Waals surface area contributed by atoms with E-state index in [1.54, 1.807) is 18.5 Å². The Hall–Kier alpha value is -2.63. The first-order valence-electron chi connectivity index (χ1n) is 9.95. The third kappa shape index (κ3) is 3.88. The molecule has 3 aromatic rings. The number of H-pyrrole nitrogens is 1. The van der Waals surface area contributed by atoms with Gasteiger partial charge in [-0.25, -0.2) is 23.5 Å². The zero-order valence-electron chi connectivity index (χ0n) is 16.7. The van der Waals surface area contributed by atoms with Crippen LogP contribution in [0.4, 0.5) is 5.82 Å². The Balaban J connectivity index is 1.25. The summed E-state index contributed by atoms with van der Waals surface area (Å²) in [5, 5.41) is 6.13. The SMILES string of the molecule is NS(=O)(=O)c1ccc(SCC(=O)N2CCN(c3ncnc4[nH]ccc34)CC23CC3)cc1. The third-order valence-electron chi connectivity index (χ3n) is 5.93. The third-order valence-corrected chi connectivity index (χ3v) is 7.85. The van der Waals surface area contributed by atoms with E-state index in [1.807, 2.05) is 17.2 Å². The fourth-order valence-electron chi connectivity index (χ4n) is 4.18. The predicted octanol–water partition coefficient (Wildman–Crippen LogP) is 1.58. The summed E-state index contributed by atoms with van der Waals surface area (Å²) in [5.74, 6) is 1.33. The minimum atomic E-state index is -3.71. The van der Waals surface area contributed by atoms with Gasteiger partial charge in [0.2, 0.25) is 15.9 Å². The van der Waals surface area contributed by atoms with Gasteiger partial charge in [0.05, 0.1) is 21.6 Å². The van der Waals surface area contributed by atoms with Crippen LogP contribution in [0.2, 0.25) is 0 Å². The van der Waals surface area contributed by atoms with Gasteiger partial charge in [0.15, 0.2) is 0 Å². The highest BCUT2D eigenvalue weighted by molar-refractivity contribution is 8.00. The van der Waals surface area contributed by atoms with E-state index in [9.17, 15) is 13.2 Å². The lowest BCUT2D eigenvalue weighted by Gasteiger charge is -2.42. The number of aromatic nitrogens is 3. The van der Waals surface area contributed by atoms with Crippen LogP contribution in [0, 0.1) is 0 Å². The zero-order chi connectivity index (χ0) is 21.6. The number of sulfonamides is 1. The summed E-state index contributed by atoms with van der Waals surface area (Å²) in [4.78, 5) is 30.1. The number of amides is 1. The molecule has 0 unspecified atom stereocenters. The molecular weight excluding hydrogens is 436 g/mol. The maximum absolute atomic E-state index is 13.0. The summed E-state index contributed by atoms with van der Waals surface area (Å²) < 4.78 is 22.8. The molecule has 1 aromatic carbocycles. The average Bonchev–Trinajstić information content (AvgIpc) is 3.33. The fraction of sp³-hybridized carbons (Fsp3) is 0.350. The van der Waals surface area contributed by atoms with Gasteiger partial charge >= 0.3 is 0 Å². The number of piperazine rings is 1. The van der Waals surface area contributed by atoms with E-state index in [1.165, 1.54) is 23.9 Å². The molecular formula is C20H22N6O3S2. The van der Waals surface area contributed by atoms with Gasteiger partial charge in [-0.3, -0.25) is 4.79 Å². The van der Waals surface area contributed by atoms with Crippen LogP contribution in [0.1, 0.15) is 12.8 Å². The minimum absolute atomic E-state index is 0.0671. The van der Waals surface area contributed by atoms with E-state index in [4.69, 9.17) is 5.14 Å². The number of rotatable bonds is 5. The number of carbonyl (C=O) groups excluding carboxylic acids is 1. The molecule has 1 spiro atoms. The van der Waals surface area contributed by atoms with Crippen molar-refractivity contribution in [2.24, 2.45) is 5.14 Å². The molecule has 2 fully saturated rings. The minimum Gasteiger partial charge on any atom is -0.352 e. The molecule has 11 heteroatoms. The van der Waals surface area contributed by atoms with Gasteiger partial charge in [-0.2, -0.15) is 0 Å². The quantitative estimate of drug-likeness (QED) is 0.556. The number of nitrogens with zero attached hydrogens (tertiary/aromatic N) is 4. The van der Waals surface area contributed by atoms with Gasteiger partial charge in [-0.15, -0.1) is 11.8 Å². The van der Waals surface area contributed by atoms with Gasteiger partial charge in [-0.1, -0.05) is 0 Å². The second-order valence-corrected chi connectivity index (χ2v) is 10.5. The molecule has 1 saturated carbocycles. The molecule has 1 saturated heterocycles. The summed E-state index contributed by atoms with van der Waals surface area (Å²) in [7, 11) is -3.71. The van der Waals surface area contributed by atoms with Crippen molar-refractivity contribution >= 4 is 44.5 Å². The molecule has 1 amide bonds. The summed E-state index contributed by atoms with van der Waals surface area (Å²) in [6, 6.07) is 8.28. The molecule has 3 heterocycles. The van der Waals surface area contributed by atoms with E-state index in [2.05, 4.69) is 19.9 Å². The number of hydrogen-bond acceptors (Lipinski definition) is 7. The maximum atomic E-state index is 13.0. The van der Waals surface area contributed by atoms with Crippen LogP contribution in [-0.2, 0) is 14.8 Å². The number of carbonyl (C=O) groups is 1. The molecule has 2 aliphatic rings. The number of fused-ring (bicyclic) bond motifs is 1. The van der Waals surface area contributed by atoms with Crippen LogP contribution in [-0.4, -0.2) is 65.1 Å². The Kier molecular flexibility index (Phi) is 4.91. The second-order valence-electron chi connectivity index (χ2n) is 7.93. The van der Waals surface area contributed by atoms with Crippen molar-refractivity contribution in [1.82, 2.24) is 19.9 Å². The molecule has 1 aliphatic carbocycles. The van der Waals surface area contributed by atoms with Crippen molar-refractivity contribution in [3.63, 3.8) is 0 Å². The lowest BCUT2D eigenvalue weighted by atomic mass is 10.1. The molecule has 0 radical (unpaired) electrons. The predicted molar refractivity (Wildman–Crippen MR) is 118 cm³/mol. The number of primary sulfonamides is 1. The van der Waals surface area contributed by atoms with E-state index >= 15 is 0 Å². The van der Waals surface area contributed by atoms with Crippen LogP contribution in [0.25, 0.3) is 11.0 Å². The van der Waals surface area contributed by atoms with Crippen LogP contribution in [0.3, 0.4) is 0 Å². The molecule has 162 valence electrons. The zero-order valence-corrected chi connectivity index (χ0v) is 18.3. The average molecular weight is 459 g/mol. The van der Waals surface area contributed by atoms with E-state index in [0.29, 0.717) is 12.3 Å². The maximum Gasteiger partial charge on any atom is 0.238 e. The van der Waals surface area contributed by atoms with Crippen molar-refractivity contribution < 1.29 is 13.2 Å². The van der Waals surface area contributed by atoms with Gasteiger partial charge in [-0.05, 0) is 43.2 Å². The van der Waals surface area contributed by atoms with Gasteiger partial charge in [0, 0.05) is 30.7 Å². The number of hydrogen-bond donors (Lipinski definition) is 2. The largest absolute Gasteiger partial charge is 0.352 e. The normalized spacial score (nSPS) is 18.0. The summed E-state index contributed by atoms with van der Waals surface area (Å²) in [6.07, 6.45) is 5.42. The van der Waals surface area contributed by atoms with Crippen LogP contribution < -0.4 is 10.0 Å². The summed E-state index contributed by atoms with van der Waals surface area (Å²) >= 11 is 1.41. The molecule has 31 heavy (non-hydrogen) atoms. The lowest BCUT2D eigenvalue weighted by molar-refractivity contribution is -0.131. The highest BCUT2D eigenvalue weighted by Crippen LogP contribution is 2.45. The molecule has 3 N–H and O–H groups in total. The van der Waals surface area contributed by atoms with E-state index < -0.39 is 10.0 Å².